The minimum absolute atomic E-state index is 0.772. The van der Waals surface area contributed by atoms with E-state index in [1.165, 1.54) is 64.5 Å². The molecule has 0 saturated heterocycles. The van der Waals surface area contributed by atoms with E-state index in [0.29, 0.717) is 0 Å². The van der Waals surface area contributed by atoms with Gasteiger partial charge in [0.05, 0.1) is 0 Å². The maximum atomic E-state index is 3.69. The van der Waals surface area contributed by atoms with Crippen molar-refractivity contribution in [3.8, 4) is 0 Å². The molecule has 0 aliphatic carbocycles. The molecule has 1 unspecified atom stereocenters. The lowest BCUT2D eigenvalue weighted by Gasteiger charge is -2.18. The molecule has 104 valence electrons. The van der Waals surface area contributed by atoms with Gasteiger partial charge in [0.25, 0.3) is 0 Å². The molecular weight excluding hydrogens is 208 g/mol. The Balaban J connectivity index is 3.45. The van der Waals surface area contributed by atoms with Crippen LogP contribution in [-0.2, 0) is 0 Å². The van der Waals surface area contributed by atoms with Crippen molar-refractivity contribution in [2.75, 3.05) is 19.6 Å². The van der Waals surface area contributed by atoms with E-state index in [4.69, 9.17) is 0 Å². The summed E-state index contributed by atoms with van der Waals surface area (Å²) >= 11 is 0. The van der Waals surface area contributed by atoms with E-state index >= 15 is 0 Å². The Bertz CT molecular complexity index is 129. The van der Waals surface area contributed by atoms with Crippen molar-refractivity contribution < 1.29 is 0 Å². The molecule has 0 amide bonds. The third kappa shape index (κ3) is 12.2. The summed E-state index contributed by atoms with van der Waals surface area (Å²) in [6.45, 7) is 10.2. The van der Waals surface area contributed by atoms with E-state index in [0.717, 1.165) is 12.6 Å². The second-order valence-corrected chi connectivity index (χ2v) is 5.00. The molecule has 0 fully saturated rings. The van der Waals surface area contributed by atoms with E-state index < -0.39 is 0 Å². The van der Waals surface area contributed by atoms with Crippen LogP contribution >= 0.6 is 0 Å². The van der Waals surface area contributed by atoms with E-state index in [1.54, 1.807) is 0 Å². The summed E-state index contributed by atoms with van der Waals surface area (Å²) in [6.07, 6.45) is 10.8. The summed E-state index contributed by atoms with van der Waals surface area (Å²) in [6, 6.07) is 0.772. The first-order valence-electron chi connectivity index (χ1n) is 7.79. The fourth-order valence-electron chi connectivity index (χ4n) is 2.14. The van der Waals surface area contributed by atoms with Gasteiger partial charge in [-0.05, 0) is 45.3 Å². The largest absolute Gasteiger partial charge is 0.317 e. The summed E-state index contributed by atoms with van der Waals surface area (Å²) in [5.74, 6) is 0. The zero-order valence-corrected chi connectivity index (χ0v) is 12.4. The van der Waals surface area contributed by atoms with Crippen LogP contribution in [0.15, 0.2) is 0 Å². The second kappa shape index (κ2) is 14.0. The van der Waals surface area contributed by atoms with Gasteiger partial charge in [0, 0.05) is 6.04 Å². The standard InChI is InChI=1S/C15H34N2/c1-4-7-11-15(17-13-5-2)12-9-8-10-14-16-6-3/h15-17H,4-14H2,1-3H3. The lowest BCUT2D eigenvalue weighted by Crippen LogP contribution is -2.29. The summed E-state index contributed by atoms with van der Waals surface area (Å²) in [4.78, 5) is 0. The lowest BCUT2D eigenvalue weighted by molar-refractivity contribution is 0.420. The molecule has 0 aliphatic heterocycles. The normalized spacial score (nSPS) is 12.9. The van der Waals surface area contributed by atoms with Crippen molar-refractivity contribution in [3.63, 3.8) is 0 Å². The molecule has 0 aromatic heterocycles. The van der Waals surface area contributed by atoms with Crippen molar-refractivity contribution in [2.24, 2.45) is 0 Å². The molecule has 0 aliphatic rings. The van der Waals surface area contributed by atoms with Crippen LogP contribution in [0.4, 0.5) is 0 Å². The fraction of sp³-hybridized carbons (Fsp3) is 1.00. The molecule has 0 heterocycles. The lowest BCUT2D eigenvalue weighted by atomic mass is 10.0. The Kier molecular flexibility index (Phi) is 13.9. The predicted molar refractivity (Wildman–Crippen MR) is 78.6 cm³/mol. The molecule has 0 saturated carbocycles. The molecule has 0 rings (SSSR count). The molecule has 0 radical (unpaired) electrons. The topological polar surface area (TPSA) is 24.1 Å². The maximum Gasteiger partial charge on any atom is 0.00670 e. The summed E-state index contributed by atoms with van der Waals surface area (Å²) in [7, 11) is 0. The molecular formula is C15H34N2. The summed E-state index contributed by atoms with van der Waals surface area (Å²) < 4.78 is 0. The van der Waals surface area contributed by atoms with Crippen molar-refractivity contribution >= 4 is 0 Å². The summed E-state index contributed by atoms with van der Waals surface area (Å²) in [5.41, 5.74) is 0. The monoisotopic (exact) mass is 242 g/mol. The molecule has 2 heteroatoms. The Labute approximate surface area is 109 Å². The number of unbranched alkanes of at least 4 members (excludes halogenated alkanes) is 3. The second-order valence-electron chi connectivity index (χ2n) is 5.00. The number of nitrogens with one attached hydrogen (secondary N) is 2. The van der Waals surface area contributed by atoms with Gasteiger partial charge < -0.3 is 10.6 Å². The highest BCUT2D eigenvalue weighted by Crippen LogP contribution is 2.09. The average Bonchev–Trinajstić information content (AvgIpc) is 2.35. The van der Waals surface area contributed by atoms with E-state index in [-0.39, 0.29) is 0 Å². The SMILES string of the molecule is CCCCC(CCCCCNCC)NCCC. The van der Waals surface area contributed by atoms with Gasteiger partial charge in [0.2, 0.25) is 0 Å². The third-order valence-corrected chi connectivity index (χ3v) is 3.25. The Morgan fingerprint density at radius 1 is 0.765 bits per heavy atom. The first-order chi connectivity index (χ1) is 8.35. The van der Waals surface area contributed by atoms with Crippen LogP contribution < -0.4 is 10.6 Å². The highest BCUT2D eigenvalue weighted by Gasteiger charge is 2.06. The quantitative estimate of drug-likeness (QED) is 0.481. The molecule has 0 bridgehead atoms. The van der Waals surface area contributed by atoms with Gasteiger partial charge in [-0.2, -0.15) is 0 Å². The maximum absolute atomic E-state index is 3.69. The first kappa shape index (κ1) is 16.9. The van der Waals surface area contributed by atoms with Gasteiger partial charge in [-0.1, -0.05) is 46.5 Å². The number of hydrogen-bond acceptors (Lipinski definition) is 2. The van der Waals surface area contributed by atoms with E-state index in [1.807, 2.05) is 0 Å². The smallest absolute Gasteiger partial charge is 0.00670 e. The zero-order valence-electron chi connectivity index (χ0n) is 12.4. The molecule has 0 spiro atoms. The Morgan fingerprint density at radius 2 is 1.53 bits per heavy atom. The van der Waals surface area contributed by atoms with Gasteiger partial charge in [0.15, 0.2) is 0 Å². The van der Waals surface area contributed by atoms with Crippen LogP contribution in [0.3, 0.4) is 0 Å². The van der Waals surface area contributed by atoms with Crippen LogP contribution in [-0.4, -0.2) is 25.7 Å². The van der Waals surface area contributed by atoms with Gasteiger partial charge >= 0.3 is 0 Å². The average molecular weight is 242 g/mol. The molecule has 17 heavy (non-hydrogen) atoms. The van der Waals surface area contributed by atoms with Crippen LogP contribution in [0.25, 0.3) is 0 Å². The molecule has 2 nitrogen and oxygen atoms in total. The van der Waals surface area contributed by atoms with Crippen LogP contribution in [0.5, 0.6) is 0 Å². The Hall–Kier alpha value is -0.0800. The van der Waals surface area contributed by atoms with Gasteiger partial charge in [0.1, 0.15) is 0 Å². The first-order valence-corrected chi connectivity index (χ1v) is 7.79. The van der Waals surface area contributed by atoms with Gasteiger partial charge in [-0.25, -0.2) is 0 Å². The number of rotatable bonds is 13. The van der Waals surface area contributed by atoms with Crippen molar-refractivity contribution in [3.05, 3.63) is 0 Å². The zero-order chi connectivity index (χ0) is 12.8. The highest BCUT2D eigenvalue weighted by molar-refractivity contribution is 4.66. The molecule has 2 N–H and O–H groups in total. The molecule has 0 aromatic carbocycles. The van der Waals surface area contributed by atoms with E-state index in [9.17, 15) is 0 Å². The van der Waals surface area contributed by atoms with Crippen molar-refractivity contribution in [1.29, 1.82) is 0 Å². The van der Waals surface area contributed by atoms with E-state index in [2.05, 4.69) is 31.4 Å². The Morgan fingerprint density at radius 3 is 2.18 bits per heavy atom. The van der Waals surface area contributed by atoms with Crippen LogP contribution in [0.2, 0.25) is 0 Å². The molecule has 0 aromatic rings. The van der Waals surface area contributed by atoms with Gasteiger partial charge in [-0.15, -0.1) is 0 Å². The highest BCUT2D eigenvalue weighted by atomic mass is 14.9. The third-order valence-electron chi connectivity index (χ3n) is 3.25. The van der Waals surface area contributed by atoms with Crippen molar-refractivity contribution in [1.82, 2.24) is 10.6 Å². The minimum Gasteiger partial charge on any atom is -0.317 e. The molecule has 1 atom stereocenters. The van der Waals surface area contributed by atoms with Crippen LogP contribution in [0, 0.1) is 0 Å². The van der Waals surface area contributed by atoms with Crippen LogP contribution in [0.1, 0.15) is 72.1 Å². The van der Waals surface area contributed by atoms with Crippen molar-refractivity contribution in [2.45, 2.75) is 78.2 Å². The predicted octanol–water partition coefficient (Wildman–Crippen LogP) is 3.71. The minimum atomic E-state index is 0.772. The summed E-state index contributed by atoms with van der Waals surface area (Å²) in [5, 5.41) is 7.08. The van der Waals surface area contributed by atoms with Gasteiger partial charge in [-0.3, -0.25) is 0 Å². The number of hydrogen-bond donors (Lipinski definition) is 2. The fourth-order valence-corrected chi connectivity index (χ4v) is 2.14.